The topological polar surface area (TPSA) is 62.7 Å². The number of carbonyl (C=O) groups is 2. The molecule has 0 fully saturated rings. The fourth-order valence-corrected chi connectivity index (χ4v) is 5.32. The maximum atomic E-state index is 14.2. The number of ether oxygens (including phenoxy) is 1. The van der Waals surface area contributed by atoms with Gasteiger partial charge in [-0.2, -0.15) is 0 Å². The Morgan fingerprint density at radius 3 is 2.05 bits per heavy atom. The number of carbonyl (C=O) groups excluding carboxylic acids is 2. The molecule has 1 aliphatic rings. The number of rotatable bonds is 8. The van der Waals surface area contributed by atoms with Gasteiger partial charge in [-0.05, 0) is 47.9 Å². The molecule has 4 aromatic carbocycles. The van der Waals surface area contributed by atoms with Crippen molar-refractivity contribution < 1.29 is 18.7 Å². The monoisotopic (exact) mass is 545 g/mol. The van der Waals surface area contributed by atoms with Crippen LogP contribution in [-0.4, -0.2) is 35.3 Å². The third-order valence-corrected chi connectivity index (χ3v) is 7.46. The molecule has 0 radical (unpaired) electrons. The summed E-state index contributed by atoms with van der Waals surface area (Å²) in [6, 6.07) is 29.0. The second-order valence-corrected chi connectivity index (χ2v) is 9.98. The van der Waals surface area contributed by atoms with Crippen LogP contribution in [0.1, 0.15) is 50.4 Å². The van der Waals surface area contributed by atoms with E-state index in [1.54, 1.807) is 18.3 Å². The number of aromatic nitrogens is 1. The Hall–Kier alpha value is -5.04. The summed E-state index contributed by atoms with van der Waals surface area (Å²) in [5, 5.41) is 0.718. The van der Waals surface area contributed by atoms with Crippen molar-refractivity contribution in [1.29, 1.82) is 0 Å². The van der Waals surface area contributed by atoms with Gasteiger partial charge in [0.2, 0.25) is 0 Å². The molecule has 0 bridgehead atoms. The lowest BCUT2D eigenvalue weighted by molar-refractivity contribution is 0.0641. The van der Waals surface area contributed by atoms with Crippen LogP contribution >= 0.6 is 0 Å². The molecule has 2 amide bonds. The molecule has 2 heterocycles. The third-order valence-electron chi connectivity index (χ3n) is 7.46. The first-order valence-corrected chi connectivity index (χ1v) is 13.5. The van der Waals surface area contributed by atoms with E-state index in [0.29, 0.717) is 23.3 Å². The molecular weight excluding hydrogens is 517 g/mol. The van der Waals surface area contributed by atoms with Crippen LogP contribution in [0.4, 0.5) is 10.1 Å². The normalized spacial score (nSPS) is 12.7. The number of hydrogen-bond donors (Lipinski definition) is 0. The second-order valence-electron chi connectivity index (χ2n) is 9.98. The molecule has 0 spiro atoms. The number of hydrogen-bond acceptors (Lipinski definition) is 5. The predicted molar refractivity (Wildman–Crippen MR) is 157 cm³/mol. The summed E-state index contributed by atoms with van der Waals surface area (Å²) in [6.07, 6.45) is 1.10. The quantitative estimate of drug-likeness (QED) is 0.201. The van der Waals surface area contributed by atoms with Crippen molar-refractivity contribution in [2.45, 2.75) is 19.6 Å². The summed E-state index contributed by atoms with van der Waals surface area (Å²) in [5.74, 6) is -1.01. The van der Waals surface area contributed by atoms with Crippen LogP contribution in [0.3, 0.4) is 0 Å². The Morgan fingerprint density at radius 2 is 1.44 bits per heavy atom. The average molecular weight is 546 g/mol. The fraction of sp³-hybridized carbons (Fsp3) is 0.147. The molecule has 1 aliphatic heterocycles. The zero-order valence-electron chi connectivity index (χ0n) is 22.8. The first-order chi connectivity index (χ1) is 20.0. The standard InChI is InChI=1S/C34H28FN3O3/c1-3-37(2)30-26-15-10-20-36-29(26)32(41-31(23-11-6-4-7-12-23)24-13-8-5-9-14-24)28-27(30)33(39)38(34(28)40)21-22-16-18-25(35)19-17-22/h4-20,31H,3,21H2,1-2H3. The van der Waals surface area contributed by atoms with E-state index in [1.165, 1.54) is 17.0 Å². The van der Waals surface area contributed by atoms with Crippen molar-refractivity contribution in [2.75, 3.05) is 18.5 Å². The van der Waals surface area contributed by atoms with Gasteiger partial charge in [-0.15, -0.1) is 0 Å². The van der Waals surface area contributed by atoms with Crippen LogP contribution in [0.2, 0.25) is 0 Å². The lowest BCUT2D eigenvalue weighted by Crippen LogP contribution is -2.29. The van der Waals surface area contributed by atoms with Crippen molar-refractivity contribution in [3.8, 4) is 5.75 Å². The Bertz CT molecular complexity index is 1700. The Morgan fingerprint density at radius 1 is 0.829 bits per heavy atom. The van der Waals surface area contributed by atoms with Gasteiger partial charge in [-0.1, -0.05) is 72.8 Å². The molecule has 0 atom stereocenters. The molecular formula is C34H28FN3O3. The first kappa shape index (κ1) is 26.2. The summed E-state index contributed by atoms with van der Waals surface area (Å²) < 4.78 is 20.4. The number of amides is 2. The lowest BCUT2D eigenvalue weighted by Gasteiger charge is -2.26. The largest absolute Gasteiger partial charge is 0.478 e. The molecule has 6 nitrogen and oxygen atoms in total. The predicted octanol–water partition coefficient (Wildman–Crippen LogP) is 6.79. The van der Waals surface area contributed by atoms with E-state index in [4.69, 9.17) is 4.74 Å². The molecule has 0 N–H and O–H groups in total. The number of halogens is 1. The van der Waals surface area contributed by atoms with E-state index in [9.17, 15) is 14.0 Å². The van der Waals surface area contributed by atoms with Gasteiger partial charge in [0.15, 0.2) is 5.75 Å². The maximum absolute atomic E-state index is 14.2. The number of fused-ring (bicyclic) bond motifs is 2. The molecule has 0 saturated heterocycles. The van der Waals surface area contributed by atoms with Gasteiger partial charge in [-0.25, -0.2) is 4.39 Å². The number of nitrogens with zero attached hydrogens (tertiary/aromatic N) is 3. The van der Waals surface area contributed by atoms with Gasteiger partial charge >= 0.3 is 0 Å². The zero-order valence-corrected chi connectivity index (χ0v) is 22.8. The van der Waals surface area contributed by atoms with E-state index < -0.39 is 17.9 Å². The Kier molecular flexibility index (Phi) is 6.93. The smallest absolute Gasteiger partial charge is 0.265 e. The average Bonchev–Trinajstić information content (AvgIpc) is 3.25. The molecule has 41 heavy (non-hydrogen) atoms. The third kappa shape index (κ3) is 4.69. The molecule has 7 heteroatoms. The summed E-state index contributed by atoms with van der Waals surface area (Å²) in [7, 11) is 1.89. The minimum atomic E-state index is -0.560. The van der Waals surface area contributed by atoms with Crippen LogP contribution in [0.15, 0.2) is 103 Å². The van der Waals surface area contributed by atoms with Crippen molar-refractivity contribution in [2.24, 2.45) is 0 Å². The Labute approximate surface area is 237 Å². The number of pyridine rings is 1. The summed E-state index contributed by atoms with van der Waals surface area (Å²) in [4.78, 5) is 36.1. The van der Waals surface area contributed by atoms with Gasteiger partial charge in [-0.3, -0.25) is 19.5 Å². The van der Waals surface area contributed by atoms with Crippen LogP contribution < -0.4 is 9.64 Å². The molecule has 0 saturated carbocycles. The van der Waals surface area contributed by atoms with Gasteiger partial charge in [0.05, 0.1) is 23.4 Å². The van der Waals surface area contributed by atoms with Crippen LogP contribution in [0.25, 0.3) is 10.9 Å². The summed E-state index contributed by atoms with van der Waals surface area (Å²) >= 11 is 0. The highest BCUT2D eigenvalue weighted by Gasteiger charge is 2.43. The van der Waals surface area contributed by atoms with Crippen molar-refractivity contribution >= 4 is 28.4 Å². The molecule has 1 aromatic heterocycles. The van der Waals surface area contributed by atoms with Gasteiger partial charge < -0.3 is 9.64 Å². The second kappa shape index (κ2) is 10.8. The molecule has 204 valence electrons. The van der Waals surface area contributed by atoms with E-state index in [-0.39, 0.29) is 29.2 Å². The minimum absolute atomic E-state index is 0.00587. The summed E-state index contributed by atoms with van der Waals surface area (Å²) in [6.45, 7) is 2.59. The van der Waals surface area contributed by atoms with Crippen molar-refractivity contribution in [3.63, 3.8) is 0 Å². The fourth-order valence-electron chi connectivity index (χ4n) is 5.32. The molecule has 5 aromatic rings. The van der Waals surface area contributed by atoms with E-state index in [1.807, 2.05) is 91.7 Å². The minimum Gasteiger partial charge on any atom is -0.478 e. The highest BCUT2D eigenvalue weighted by molar-refractivity contribution is 6.28. The van der Waals surface area contributed by atoms with E-state index in [2.05, 4.69) is 4.98 Å². The molecule has 0 aliphatic carbocycles. The zero-order chi connectivity index (χ0) is 28.5. The van der Waals surface area contributed by atoms with Crippen LogP contribution in [-0.2, 0) is 6.54 Å². The number of anilines is 1. The molecule has 6 rings (SSSR count). The number of imide groups is 1. The Balaban J connectivity index is 1.57. The van der Waals surface area contributed by atoms with E-state index >= 15 is 0 Å². The molecule has 0 unspecified atom stereocenters. The first-order valence-electron chi connectivity index (χ1n) is 13.5. The number of benzene rings is 4. The highest BCUT2D eigenvalue weighted by atomic mass is 19.1. The highest BCUT2D eigenvalue weighted by Crippen LogP contribution is 2.46. The van der Waals surface area contributed by atoms with Crippen LogP contribution in [0, 0.1) is 5.82 Å². The van der Waals surface area contributed by atoms with Gasteiger partial charge in [0.1, 0.15) is 17.4 Å². The summed E-state index contributed by atoms with van der Waals surface area (Å²) in [5.41, 5.74) is 4.05. The van der Waals surface area contributed by atoms with Crippen LogP contribution in [0.5, 0.6) is 5.75 Å². The van der Waals surface area contributed by atoms with Gasteiger partial charge in [0, 0.05) is 25.2 Å². The van der Waals surface area contributed by atoms with Gasteiger partial charge in [0.25, 0.3) is 11.8 Å². The van der Waals surface area contributed by atoms with Crippen molar-refractivity contribution in [3.05, 3.63) is 137 Å². The maximum Gasteiger partial charge on any atom is 0.265 e. The van der Waals surface area contributed by atoms with E-state index in [0.717, 1.165) is 16.5 Å². The SMILES string of the molecule is CCN(C)c1c2c(c(OC(c3ccccc3)c3ccccc3)c3ncccc13)C(=O)N(Cc1ccc(F)cc1)C2=O. The lowest BCUT2D eigenvalue weighted by atomic mass is 9.98. The van der Waals surface area contributed by atoms with Crippen molar-refractivity contribution in [1.82, 2.24) is 9.88 Å².